The van der Waals surface area contributed by atoms with Gasteiger partial charge >= 0.3 is 0 Å². The van der Waals surface area contributed by atoms with E-state index in [1.54, 1.807) is 0 Å². The summed E-state index contributed by atoms with van der Waals surface area (Å²) >= 11 is 0. The minimum Gasteiger partial charge on any atom is -0.370 e. The number of anilines is 1. The van der Waals surface area contributed by atoms with E-state index >= 15 is 0 Å². The molecule has 0 saturated carbocycles. The van der Waals surface area contributed by atoms with Gasteiger partial charge in [-0.2, -0.15) is 0 Å². The number of hydrogen-bond donors (Lipinski definition) is 4. The van der Waals surface area contributed by atoms with Crippen LogP contribution in [0.1, 0.15) is 0 Å². The molecule has 0 amide bonds. The van der Waals surface area contributed by atoms with Gasteiger partial charge < -0.3 is 11.1 Å². The van der Waals surface area contributed by atoms with Crippen molar-refractivity contribution in [3.63, 3.8) is 0 Å². The van der Waals surface area contributed by atoms with Crippen LogP contribution in [0.4, 0.5) is 5.69 Å². The van der Waals surface area contributed by atoms with E-state index in [0.29, 0.717) is 12.1 Å². The Balaban J connectivity index is 1.69. The fourth-order valence-corrected chi connectivity index (χ4v) is 1.37. The van der Waals surface area contributed by atoms with Gasteiger partial charge in [0.2, 0.25) is 5.79 Å². The van der Waals surface area contributed by atoms with Crippen LogP contribution in [-0.4, -0.2) is 17.9 Å². The monoisotopic (exact) mass is 189 g/mol. The second kappa shape index (κ2) is 2.46. The smallest absolute Gasteiger partial charge is 0.200 e. The van der Waals surface area contributed by atoms with E-state index in [2.05, 4.69) is 20.9 Å². The number of fused-ring (bicyclic) bond motifs is 1. The molecule has 14 heavy (non-hydrogen) atoms. The molecular formula is C9H11N5. The number of para-hydroxylation sites is 1. The van der Waals surface area contributed by atoms with Gasteiger partial charge in [0, 0.05) is 5.69 Å². The van der Waals surface area contributed by atoms with Crippen LogP contribution in [0.15, 0.2) is 35.3 Å². The first-order valence-electron chi connectivity index (χ1n) is 4.51. The molecule has 2 saturated heterocycles. The maximum atomic E-state index is 5.72. The minimum absolute atomic E-state index is 0.230. The van der Waals surface area contributed by atoms with Crippen LogP contribution < -0.4 is 21.7 Å². The first-order chi connectivity index (χ1) is 6.78. The van der Waals surface area contributed by atoms with Gasteiger partial charge in [-0.15, -0.1) is 0 Å². The van der Waals surface area contributed by atoms with E-state index in [1.165, 1.54) is 0 Å². The Morgan fingerprint density at radius 2 is 2.00 bits per heavy atom. The summed E-state index contributed by atoms with van der Waals surface area (Å²) in [7, 11) is 0. The molecule has 72 valence electrons. The molecule has 2 aliphatic heterocycles. The van der Waals surface area contributed by atoms with Crippen LogP contribution in [0.25, 0.3) is 0 Å². The number of hydrogen-bond acceptors (Lipinski definition) is 3. The lowest BCUT2D eigenvalue weighted by Gasteiger charge is -2.05. The Hall–Kier alpha value is -1.59. The summed E-state index contributed by atoms with van der Waals surface area (Å²) in [6, 6.07) is 9.73. The van der Waals surface area contributed by atoms with Gasteiger partial charge in [0.05, 0.1) is 0 Å². The predicted molar refractivity (Wildman–Crippen MR) is 54.5 cm³/mol. The number of benzene rings is 1. The highest BCUT2D eigenvalue weighted by Gasteiger charge is 2.71. The van der Waals surface area contributed by atoms with Gasteiger partial charge in [0.15, 0.2) is 5.96 Å². The molecule has 3 rings (SSSR count). The lowest BCUT2D eigenvalue weighted by Crippen LogP contribution is -2.29. The van der Waals surface area contributed by atoms with Crippen molar-refractivity contribution in [3.05, 3.63) is 30.3 Å². The largest absolute Gasteiger partial charge is 0.370 e. The SMILES string of the molecule is NC(=NC12NC1N2)Nc1ccccc1. The third-order valence-corrected chi connectivity index (χ3v) is 2.32. The first kappa shape index (κ1) is 7.78. The number of rotatable bonds is 2. The fraction of sp³-hybridized carbons (Fsp3) is 0.222. The Morgan fingerprint density at radius 1 is 1.36 bits per heavy atom. The fourth-order valence-electron chi connectivity index (χ4n) is 1.37. The van der Waals surface area contributed by atoms with E-state index in [1.807, 2.05) is 30.3 Å². The third-order valence-electron chi connectivity index (χ3n) is 2.32. The maximum Gasteiger partial charge on any atom is 0.200 e. The summed E-state index contributed by atoms with van der Waals surface area (Å²) in [5.41, 5.74) is 6.66. The molecule has 1 aromatic carbocycles. The molecule has 1 aromatic rings. The van der Waals surface area contributed by atoms with Crippen molar-refractivity contribution in [1.29, 1.82) is 0 Å². The van der Waals surface area contributed by atoms with E-state index in [0.717, 1.165) is 5.69 Å². The Bertz CT molecular complexity index is 379. The second-order valence-electron chi connectivity index (χ2n) is 3.48. The lowest BCUT2D eigenvalue weighted by atomic mass is 10.3. The van der Waals surface area contributed by atoms with Gasteiger partial charge in [-0.05, 0) is 12.1 Å². The third kappa shape index (κ3) is 1.23. The van der Waals surface area contributed by atoms with Crippen LogP contribution >= 0.6 is 0 Å². The van der Waals surface area contributed by atoms with Crippen LogP contribution in [0.3, 0.4) is 0 Å². The quantitative estimate of drug-likeness (QED) is 0.289. The van der Waals surface area contributed by atoms with Gasteiger partial charge in [0.25, 0.3) is 0 Å². The van der Waals surface area contributed by atoms with Crippen LogP contribution in [0.5, 0.6) is 0 Å². The summed E-state index contributed by atoms with van der Waals surface area (Å²) in [4.78, 5) is 4.25. The van der Waals surface area contributed by atoms with E-state index in [9.17, 15) is 0 Å². The number of nitrogens with one attached hydrogen (secondary N) is 3. The van der Waals surface area contributed by atoms with Crippen LogP contribution in [0, 0.1) is 0 Å². The van der Waals surface area contributed by atoms with Gasteiger partial charge in [-0.3, -0.25) is 10.6 Å². The molecule has 0 bridgehead atoms. The first-order valence-corrected chi connectivity index (χ1v) is 4.51. The van der Waals surface area contributed by atoms with Gasteiger partial charge in [-0.25, -0.2) is 4.99 Å². The predicted octanol–water partition coefficient (Wildman–Crippen LogP) is -0.400. The molecule has 5 N–H and O–H groups in total. The molecule has 2 heterocycles. The van der Waals surface area contributed by atoms with Crippen molar-refractivity contribution >= 4 is 11.6 Å². The zero-order valence-corrected chi connectivity index (χ0v) is 7.49. The van der Waals surface area contributed by atoms with Gasteiger partial charge in [-0.1, -0.05) is 18.2 Å². The highest BCUT2D eigenvalue weighted by molar-refractivity contribution is 5.92. The Labute approximate surface area is 81.4 Å². The number of guanidine groups is 1. The highest BCUT2D eigenvalue weighted by atomic mass is 15.7. The summed E-state index contributed by atoms with van der Waals surface area (Å²) in [5.74, 6) is 0.197. The molecule has 0 spiro atoms. The summed E-state index contributed by atoms with van der Waals surface area (Å²) < 4.78 is 0. The van der Waals surface area contributed by atoms with Crippen molar-refractivity contribution in [2.45, 2.75) is 12.0 Å². The normalized spacial score (nSPS) is 33.4. The standard InChI is InChI=1S/C9H11N5/c10-8(14-9-7(12-9)13-9)11-6-4-2-1-3-5-6/h1-5,7,12-13H,(H3,10,11,14). The van der Waals surface area contributed by atoms with Crippen LogP contribution in [0.2, 0.25) is 0 Å². The average molecular weight is 189 g/mol. The van der Waals surface area contributed by atoms with Crippen molar-refractivity contribution in [3.8, 4) is 0 Å². The Kier molecular flexibility index (Phi) is 1.37. The van der Waals surface area contributed by atoms with Crippen molar-refractivity contribution in [2.24, 2.45) is 10.7 Å². The molecular weight excluding hydrogens is 178 g/mol. The molecule has 0 unspecified atom stereocenters. The van der Waals surface area contributed by atoms with Gasteiger partial charge in [0.1, 0.15) is 6.17 Å². The Morgan fingerprint density at radius 3 is 2.57 bits per heavy atom. The zero-order chi connectivity index (χ0) is 9.60. The van der Waals surface area contributed by atoms with E-state index in [-0.39, 0.29) is 5.79 Å². The number of nitrogens with zero attached hydrogens (tertiary/aromatic N) is 1. The molecule has 5 heteroatoms. The van der Waals surface area contributed by atoms with Crippen molar-refractivity contribution in [1.82, 2.24) is 10.6 Å². The molecule has 0 aromatic heterocycles. The van der Waals surface area contributed by atoms with Crippen LogP contribution in [-0.2, 0) is 0 Å². The lowest BCUT2D eigenvalue weighted by molar-refractivity contribution is 0.658. The topological polar surface area (TPSA) is 94.3 Å². The number of nitrogens with two attached hydrogens (primary N) is 1. The highest BCUT2D eigenvalue weighted by Crippen LogP contribution is 2.38. The molecule has 0 aliphatic carbocycles. The molecule has 0 radical (unpaired) electrons. The summed E-state index contributed by atoms with van der Waals surface area (Å²) in [6.45, 7) is 0. The average Bonchev–Trinajstić information content (AvgIpc) is 2.95. The molecule has 2 aliphatic rings. The van der Waals surface area contributed by atoms with E-state index < -0.39 is 0 Å². The molecule has 0 atom stereocenters. The number of aliphatic imine (C=N–C) groups is 1. The summed E-state index contributed by atoms with van der Waals surface area (Å²) in [6.07, 6.45) is 0.346. The zero-order valence-electron chi connectivity index (χ0n) is 7.49. The molecule has 5 nitrogen and oxygen atoms in total. The van der Waals surface area contributed by atoms with Crippen molar-refractivity contribution in [2.75, 3.05) is 5.32 Å². The maximum absolute atomic E-state index is 5.72. The minimum atomic E-state index is -0.230. The van der Waals surface area contributed by atoms with Crippen molar-refractivity contribution < 1.29 is 0 Å². The molecule has 2 fully saturated rings. The second-order valence-corrected chi connectivity index (χ2v) is 3.48. The summed E-state index contributed by atoms with van der Waals surface area (Å²) in [5, 5.41) is 9.22. The van der Waals surface area contributed by atoms with E-state index in [4.69, 9.17) is 5.73 Å².